The minimum atomic E-state index is -4.31. The third kappa shape index (κ3) is 5.81. The number of allylic oxidation sites excluding steroid dienone is 2. The van der Waals surface area contributed by atoms with Crippen molar-refractivity contribution in [2.75, 3.05) is 0 Å². The molecule has 19 heavy (non-hydrogen) atoms. The van der Waals surface area contributed by atoms with Crippen LogP contribution in [0.3, 0.4) is 0 Å². The first-order chi connectivity index (χ1) is 8.79. The van der Waals surface area contributed by atoms with Crippen molar-refractivity contribution in [1.29, 1.82) is 0 Å². The van der Waals surface area contributed by atoms with Gasteiger partial charge in [-0.3, -0.25) is 0 Å². The van der Waals surface area contributed by atoms with Crippen molar-refractivity contribution >= 4 is 5.69 Å². The van der Waals surface area contributed by atoms with Crippen LogP contribution in [0.5, 0.6) is 0 Å². The number of halogens is 3. The molecule has 0 heterocycles. The van der Waals surface area contributed by atoms with Crippen LogP contribution in [0.25, 0.3) is 5.32 Å². The highest BCUT2D eigenvalue weighted by molar-refractivity contribution is 5.51. The van der Waals surface area contributed by atoms with Crippen LogP contribution in [0.15, 0.2) is 35.9 Å². The minimum absolute atomic E-state index is 0.0130. The van der Waals surface area contributed by atoms with E-state index in [4.69, 9.17) is 0 Å². The third-order valence-corrected chi connectivity index (χ3v) is 2.68. The average Bonchev–Trinajstić information content (AvgIpc) is 2.27. The lowest BCUT2D eigenvalue weighted by Crippen LogP contribution is -2.04. The van der Waals surface area contributed by atoms with Crippen molar-refractivity contribution in [2.24, 2.45) is 0 Å². The Morgan fingerprint density at radius 2 is 2.00 bits per heavy atom. The number of alkyl halides is 3. The molecule has 0 saturated heterocycles. The van der Waals surface area contributed by atoms with Crippen molar-refractivity contribution in [3.05, 3.63) is 46.8 Å². The molecule has 0 aliphatic rings. The van der Waals surface area contributed by atoms with Crippen LogP contribution in [0.4, 0.5) is 18.9 Å². The molecule has 0 radical (unpaired) electrons. The number of nitrogens with zero attached hydrogens (tertiary/aromatic N) is 1. The monoisotopic (exact) mass is 270 g/mol. The largest absolute Gasteiger partial charge is 0.682 e. The zero-order chi connectivity index (χ0) is 14.5. The summed E-state index contributed by atoms with van der Waals surface area (Å²) in [7, 11) is 0. The molecule has 4 heteroatoms. The van der Waals surface area contributed by atoms with E-state index in [1.807, 2.05) is 20.8 Å². The number of rotatable bonds is 5. The average molecular weight is 270 g/mol. The predicted molar refractivity (Wildman–Crippen MR) is 72.6 cm³/mol. The second-order valence-corrected chi connectivity index (χ2v) is 4.89. The molecule has 0 aliphatic carbocycles. The summed E-state index contributed by atoms with van der Waals surface area (Å²) in [4.78, 5) is 0. The second-order valence-electron chi connectivity index (χ2n) is 4.89. The zero-order valence-electron chi connectivity index (χ0n) is 11.5. The van der Waals surface area contributed by atoms with Crippen LogP contribution in [-0.4, -0.2) is 6.04 Å². The van der Waals surface area contributed by atoms with E-state index in [2.05, 4.69) is 11.4 Å². The second kappa shape index (κ2) is 6.64. The van der Waals surface area contributed by atoms with Crippen LogP contribution in [-0.2, 0) is 6.18 Å². The van der Waals surface area contributed by atoms with E-state index in [0.717, 1.165) is 25.0 Å². The fourth-order valence-electron chi connectivity index (χ4n) is 1.69. The third-order valence-electron chi connectivity index (χ3n) is 2.68. The topological polar surface area (TPSA) is 14.1 Å². The Morgan fingerprint density at radius 3 is 2.58 bits per heavy atom. The van der Waals surface area contributed by atoms with Crippen LogP contribution in [0, 0.1) is 0 Å². The number of hydrogen-bond acceptors (Lipinski definition) is 0. The maximum absolute atomic E-state index is 12.5. The fourth-order valence-corrected chi connectivity index (χ4v) is 1.69. The molecule has 1 atom stereocenters. The van der Waals surface area contributed by atoms with Gasteiger partial charge >= 0.3 is 6.18 Å². The molecule has 1 aromatic rings. The Bertz CT molecular complexity index is 431. The van der Waals surface area contributed by atoms with E-state index in [-0.39, 0.29) is 6.04 Å². The van der Waals surface area contributed by atoms with Gasteiger partial charge in [0.15, 0.2) is 0 Å². The van der Waals surface area contributed by atoms with Gasteiger partial charge in [0, 0.05) is 0 Å². The Balaban J connectivity index is 2.60. The SMILES string of the molecule is CC(C)=CCCC(C)[N-]c1cccc(C(F)(F)F)c1. The van der Waals surface area contributed by atoms with Crippen molar-refractivity contribution < 1.29 is 13.2 Å². The normalized spacial score (nSPS) is 12.9. The van der Waals surface area contributed by atoms with Gasteiger partial charge in [0.05, 0.1) is 5.56 Å². The predicted octanol–water partition coefficient (Wildman–Crippen LogP) is 5.85. The van der Waals surface area contributed by atoms with Crippen LogP contribution in [0.1, 0.15) is 39.2 Å². The Hall–Kier alpha value is -1.45. The van der Waals surface area contributed by atoms with Gasteiger partial charge in [0.2, 0.25) is 0 Å². The molecular weight excluding hydrogens is 251 g/mol. The summed E-state index contributed by atoms with van der Waals surface area (Å²) in [5.41, 5.74) is 0.982. The van der Waals surface area contributed by atoms with Gasteiger partial charge in [-0.15, -0.1) is 11.7 Å². The molecular formula is C15H19F3N-. The smallest absolute Gasteiger partial charge is 0.416 e. The van der Waals surface area contributed by atoms with Gasteiger partial charge in [-0.25, -0.2) is 0 Å². The lowest BCUT2D eigenvalue weighted by molar-refractivity contribution is -0.137. The lowest BCUT2D eigenvalue weighted by Gasteiger charge is -2.30. The molecule has 106 valence electrons. The van der Waals surface area contributed by atoms with Crippen LogP contribution >= 0.6 is 0 Å². The molecule has 1 nitrogen and oxygen atoms in total. The molecule has 0 saturated carbocycles. The maximum Gasteiger partial charge on any atom is 0.416 e. The van der Waals surface area contributed by atoms with E-state index in [1.54, 1.807) is 6.07 Å². The van der Waals surface area contributed by atoms with Crippen molar-refractivity contribution in [2.45, 2.75) is 45.8 Å². The highest BCUT2D eigenvalue weighted by Crippen LogP contribution is 2.33. The zero-order valence-corrected chi connectivity index (χ0v) is 11.5. The van der Waals surface area contributed by atoms with Gasteiger partial charge < -0.3 is 5.32 Å². The molecule has 0 N–H and O–H groups in total. The molecule has 0 aliphatic heterocycles. The molecule has 1 unspecified atom stereocenters. The molecule has 0 spiro atoms. The van der Waals surface area contributed by atoms with Gasteiger partial charge in [-0.1, -0.05) is 49.3 Å². The van der Waals surface area contributed by atoms with Crippen molar-refractivity contribution in [3.8, 4) is 0 Å². The first kappa shape index (κ1) is 15.6. The van der Waals surface area contributed by atoms with E-state index < -0.39 is 11.7 Å². The molecule has 0 amide bonds. The first-order valence-electron chi connectivity index (χ1n) is 6.30. The summed E-state index contributed by atoms with van der Waals surface area (Å²) in [6.45, 7) is 5.96. The van der Waals surface area contributed by atoms with Crippen LogP contribution in [0.2, 0.25) is 0 Å². The highest BCUT2D eigenvalue weighted by atomic mass is 19.4. The Kier molecular flexibility index (Phi) is 5.45. The molecule has 0 fully saturated rings. The van der Waals surface area contributed by atoms with E-state index >= 15 is 0 Å². The van der Waals surface area contributed by atoms with Gasteiger partial charge in [0.25, 0.3) is 0 Å². The molecule has 1 rings (SSSR count). The summed E-state index contributed by atoms with van der Waals surface area (Å²) in [6, 6.07) is 5.17. The molecule has 0 bridgehead atoms. The van der Waals surface area contributed by atoms with Crippen LogP contribution < -0.4 is 0 Å². The minimum Gasteiger partial charge on any atom is -0.682 e. The Morgan fingerprint density at radius 1 is 1.32 bits per heavy atom. The van der Waals surface area contributed by atoms with Gasteiger partial charge in [-0.2, -0.15) is 13.2 Å². The van der Waals surface area contributed by atoms with Gasteiger partial charge in [-0.05, 0) is 20.3 Å². The summed E-state index contributed by atoms with van der Waals surface area (Å²) in [5, 5.41) is 4.30. The summed E-state index contributed by atoms with van der Waals surface area (Å²) >= 11 is 0. The maximum atomic E-state index is 12.5. The standard InChI is InChI=1S/C15H19F3N/c1-11(2)6-4-7-12(3)19-14-9-5-8-13(10-14)15(16,17)18/h5-6,8-10,12H,4,7H2,1-3H3/q-1. The van der Waals surface area contributed by atoms with Crippen molar-refractivity contribution in [1.82, 2.24) is 0 Å². The van der Waals surface area contributed by atoms with E-state index in [9.17, 15) is 13.2 Å². The van der Waals surface area contributed by atoms with Crippen molar-refractivity contribution in [3.63, 3.8) is 0 Å². The summed E-state index contributed by atoms with van der Waals surface area (Å²) in [5.74, 6) is 0. The summed E-state index contributed by atoms with van der Waals surface area (Å²) < 4.78 is 37.6. The number of benzene rings is 1. The van der Waals surface area contributed by atoms with E-state index in [1.165, 1.54) is 11.6 Å². The Labute approximate surface area is 112 Å². The first-order valence-corrected chi connectivity index (χ1v) is 6.30. The van der Waals surface area contributed by atoms with E-state index in [0.29, 0.717) is 5.69 Å². The van der Waals surface area contributed by atoms with Gasteiger partial charge in [0.1, 0.15) is 0 Å². The molecule has 1 aromatic carbocycles. The number of hydrogen-bond donors (Lipinski definition) is 0. The summed E-state index contributed by atoms with van der Waals surface area (Å²) in [6.07, 6.45) is -0.470. The molecule has 0 aromatic heterocycles. The lowest BCUT2D eigenvalue weighted by atomic mass is 10.1. The quantitative estimate of drug-likeness (QED) is 0.596. The fraction of sp³-hybridized carbons (Fsp3) is 0.467. The highest BCUT2D eigenvalue weighted by Gasteiger charge is 2.29.